The van der Waals surface area contributed by atoms with E-state index < -0.39 is 0 Å². The number of hydrogen-bond acceptors (Lipinski definition) is 3. The highest BCUT2D eigenvalue weighted by molar-refractivity contribution is 5.91. The molecule has 4 heteroatoms. The van der Waals surface area contributed by atoms with Gasteiger partial charge in [-0.25, -0.2) is 0 Å². The Morgan fingerprint density at radius 2 is 1.92 bits per heavy atom. The van der Waals surface area contributed by atoms with Crippen LogP contribution in [-0.4, -0.2) is 50.8 Å². The van der Waals surface area contributed by atoms with E-state index in [1.165, 1.54) is 5.56 Å². The lowest BCUT2D eigenvalue weighted by Gasteiger charge is -2.37. The predicted octanol–water partition coefficient (Wildman–Crippen LogP) is 2.62. The Hall–Kier alpha value is -1.39. The second kappa shape index (κ2) is 6.16. The highest BCUT2D eigenvalue weighted by Crippen LogP contribution is 2.52. The van der Waals surface area contributed by atoms with Gasteiger partial charge in [0.05, 0.1) is 12.0 Å². The molecule has 0 N–H and O–H groups in total. The summed E-state index contributed by atoms with van der Waals surface area (Å²) in [6, 6.07) is 10.3. The summed E-state index contributed by atoms with van der Waals surface area (Å²) in [4.78, 5) is 15.5. The van der Waals surface area contributed by atoms with Gasteiger partial charge in [-0.3, -0.25) is 4.79 Å². The first-order valence-electron chi connectivity index (χ1n) is 9.12. The van der Waals surface area contributed by atoms with Crippen molar-refractivity contribution in [1.82, 2.24) is 4.90 Å². The van der Waals surface area contributed by atoms with E-state index in [1.807, 2.05) is 18.2 Å². The average Bonchev–Trinajstić information content (AvgIpc) is 3.37. The molecule has 3 fully saturated rings. The zero-order valence-corrected chi connectivity index (χ0v) is 14.5. The van der Waals surface area contributed by atoms with Crippen LogP contribution in [0.4, 0.5) is 0 Å². The van der Waals surface area contributed by atoms with Crippen LogP contribution in [0.1, 0.15) is 31.2 Å². The molecule has 2 saturated heterocycles. The number of carbonyl (C=O) groups excluding carboxylic acids is 1. The van der Waals surface area contributed by atoms with Crippen LogP contribution in [0.15, 0.2) is 30.3 Å². The molecule has 1 aliphatic carbocycles. The summed E-state index contributed by atoms with van der Waals surface area (Å²) in [7, 11) is 1.77. The third-order valence-corrected chi connectivity index (χ3v) is 6.44. The van der Waals surface area contributed by atoms with Crippen LogP contribution in [0, 0.1) is 11.3 Å². The van der Waals surface area contributed by atoms with Crippen molar-refractivity contribution in [3.05, 3.63) is 35.9 Å². The highest BCUT2D eigenvalue weighted by atomic mass is 16.5. The van der Waals surface area contributed by atoms with Gasteiger partial charge in [0.2, 0.25) is 5.91 Å². The van der Waals surface area contributed by atoms with Crippen LogP contribution >= 0.6 is 0 Å². The van der Waals surface area contributed by atoms with Crippen LogP contribution < -0.4 is 0 Å². The van der Waals surface area contributed by atoms with Crippen molar-refractivity contribution in [2.45, 2.75) is 31.1 Å². The van der Waals surface area contributed by atoms with Crippen molar-refractivity contribution >= 4 is 5.91 Å². The first-order valence-corrected chi connectivity index (χ1v) is 9.12. The Labute approximate surface area is 144 Å². The molecular formula is C20H27NO3. The van der Waals surface area contributed by atoms with Gasteiger partial charge < -0.3 is 14.4 Å². The molecule has 4 nitrogen and oxygen atoms in total. The van der Waals surface area contributed by atoms with E-state index in [2.05, 4.69) is 17.0 Å². The number of ether oxygens (including phenoxy) is 2. The Balaban J connectivity index is 1.55. The quantitative estimate of drug-likeness (QED) is 0.852. The molecule has 1 saturated carbocycles. The normalized spacial score (nSPS) is 27.4. The van der Waals surface area contributed by atoms with E-state index in [-0.39, 0.29) is 10.8 Å². The van der Waals surface area contributed by atoms with E-state index in [0.717, 1.165) is 58.6 Å². The minimum atomic E-state index is -0.254. The zero-order valence-electron chi connectivity index (χ0n) is 14.5. The van der Waals surface area contributed by atoms with Crippen molar-refractivity contribution in [2.24, 2.45) is 11.3 Å². The Bertz CT molecular complexity index is 590. The third kappa shape index (κ3) is 2.56. The first kappa shape index (κ1) is 16.1. The minimum absolute atomic E-state index is 0.191. The average molecular weight is 329 g/mol. The summed E-state index contributed by atoms with van der Waals surface area (Å²) >= 11 is 0. The summed E-state index contributed by atoms with van der Waals surface area (Å²) < 4.78 is 11.1. The highest BCUT2D eigenvalue weighted by Gasteiger charge is 2.57. The van der Waals surface area contributed by atoms with Gasteiger partial charge in [-0.15, -0.1) is 0 Å². The fraction of sp³-hybridized carbons (Fsp3) is 0.650. The minimum Gasteiger partial charge on any atom is -0.384 e. The molecule has 3 aliphatic rings. The van der Waals surface area contributed by atoms with Gasteiger partial charge in [0.25, 0.3) is 0 Å². The Kier molecular flexibility index (Phi) is 4.13. The topological polar surface area (TPSA) is 38.8 Å². The molecule has 0 aromatic heterocycles. The Morgan fingerprint density at radius 3 is 2.54 bits per heavy atom. The molecular weight excluding hydrogens is 302 g/mol. The first-order chi connectivity index (χ1) is 11.7. The van der Waals surface area contributed by atoms with Crippen LogP contribution in [0.3, 0.4) is 0 Å². The van der Waals surface area contributed by atoms with Gasteiger partial charge in [0, 0.05) is 39.3 Å². The second-order valence-electron chi connectivity index (χ2n) is 7.76. The molecule has 1 atom stereocenters. The molecule has 1 aromatic carbocycles. The van der Waals surface area contributed by atoms with Crippen LogP contribution in [0.25, 0.3) is 0 Å². The van der Waals surface area contributed by atoms with E-state index in [9.17, 15) is 4.79 Å². The summed E-state index contributed by atoms with van der Waals surface area (Å²) in [5, 5.41) is 0. The van der Waals surface area contributed by atoms with Crippen LogP contribution in [0.2, 0.25) is 0 Å². The van der Waals surface area contributed by atoms with Gasteiger partial charge in [-0.05, 0) is 36.7 Å². The zero-order chi connectivity index (χ0) is 16.6. The van der Waals surface area contributed by atoms with Crippen molar-refractivity contribution in [1.29, 1.82) is 0 Å². The number of nitrogens with zero attached hydrogens (tertiary/aromatic N) is 1. The van der Waals surface area contributed by atoms with E-state index >= 15 is 0 Å². The maximum atomic E-state index is 13.4. The maximum Gasteiger partial charge on any atom is 0.233 e. The molecule has 1 aromatic rings. The fourth-order valence-corrected chi connectivity index (χ4v) is 4.77. The number of rotatable bonds is 4. The third-order valence-electron chi connectivity index (χ3n) is 6.44. The number of benzene rings is 1. The lowest BCUT2D eigenvalue weighted by Crippen LogP contribution is -2.41. The molecule has 0 bridgehead atoms. The Morgan fingerprint density at radius 1 is 1.21 bits per heavy atom. The molecule has 1 amide bonds. The molecule has 2 aliphatic heterocycles. The van der Waals surface area contributed by atoms with E-state index in [4.69, 9.17) is 9.47 Å². The molecule has 24 heavy (non-hydrogen) atoms. The van der Waals surface area contributed by atoms with Crippen LogP contribution in [-0.2, 0) is 19.7 Å². The van der Waals surface area contributed by atoms with E-state index in [0.29, 0.717) is 11.8 Å². The fourth-order valence-electron chi connectivity index (χ4n) is 4.77. The van der Waals surface area contributed by atoms with Gasteiger partial charge in [-0.2, -0.15) is 0 Å². The largest absolute Gasteiger partial charge is 0.384 e. The van der Waals surface area contributed by atoms with Gasteiger partial charge in [0.1, 0.15) is 0 Å². The second-order valence-corrected chi connectivity index (χ2v) is 7.76. The number of amides is 1. The molecule has 0 radical (unpaired) electrons. The summed E-state index contributed by atoms with van der Waals surface area (Å²) in [5.41, 5.74) is 1.12. The van der Waals surface area contributed by atoms with Crippen LogP contribution in [0.5, 0.6) is 0 Å². The molecule has 4 rings (SSSR count). The molecule has 1 spiro atoms. The standard InChI is InChI=1S/C20H27NO3/c1-23-14-17-13-21(15-19(17)9-11-24-12-10-19)18(22)20(7-8-20)16-5-3-2-4-6-16/h2-6,17H,7-15H2,1H3. The van der Waals surface area contributed by atoms with Crippen molar-refractivity contribution in [3.63, 3.8) is 0 Å². The number of hydrogen-bond donors (Lipinski definition) is 0. The van der Waals surface area contributed by atoms with Crippen molar-refractivity contribution < 1.29 is 14.3 Å². The lowest BCUT2D eigenvalue weighted by molar-refractivity contribution is -0.133. The lowest BCUT2D eigenvalue weighted by atomic mass is 9.72. The molecule has 1 unspecified atom stereocenters. The van der Waals surface area contributed by atoms with Crippen molar-refractivity contribution in [3.8, 4) is 0 Å². The monoisotopic (exact) mass is 329 g/mol. The summed E-state index contributed by atoms with van der Waals surface area (Å²) in [5.74, 6) is 0.764. The summed E-state index contributed by atoms with van der Waals surface area (Å²) in [6.45, 7) is 4.07. The number of carbonyl (C=O) groups is 1. The van der Waals surface area contributed by atoms with Gasteiger partial charge in [-0.1, -0.05) is 30.3 Å². The SMILES string of the molecule is COCC1CN(C(=O)C2(c3ccccc3)CC2)CC12CCOCC2. The smallest absolute Gasteiger partial charge is 0.233 e. The van der Waals surface area contributed by atoms with E-state index in [1.54, 1.807) is 7.11 Å². The summed E-state index contributed by atoms with van der Waals surface area (Å²) in [6.07, 6.45) is 4.06. The molecule has 130 valence electrons. The molecule has 2 heterocycles. The maximum absolute atomic E-state index is 13.4. The van der Waals surface area contributed by atoms with Gasteiger partial charge in [0.15, 0.2) is 0 Å². The van der Waals surface area contributed by atoms with Gasteiger partial charge >= 0.3 is 0 Å². The van der Waals surface area contributed by atoms with Crippen molar-refractivity contribution in [2.75, 3.05) is 40.0 Å². The predicted molar refractivity (Wildman–Crippen MR) is 91.8 cm³/mol. The number of methoxy groups -OCH3 is 1. The number of likely N-dealkylation sites (tertiary alicyclic amines) is 1.